The predicted molar refractivity (Wildman–Crippen MR) is 146 cm³/mol. The summed E-state index contributed by atoms with van der Waals surface area (Å²) in [7, 11) is -3.56. The summed E-state index contributed by atoms with van der Waals surface area (Å²) >= 11 is 0. The average Bonchev–Trinajstić information content (AvgIpc) is 2.88. The number of amides is 2. The van der Waals surface area contributed by atoms with Gasteiger partial charge in [0.1, 0.15) is 11.9 Å². The molecule has 198 valence electrons. The van der Waals surface area contributed by atoms with E-state index in [1.165, 1.54) is 12.1 Å². The van der Waals surface area contributed by atoms with Crippen LogP contribution in [0.4, 0.5) is 21.5 Å². The average molecular weight is 537 g/mol. The number of hydrogen-bond acceptors (Lipinski definition) is 6. The Morgan fingerprint density at radius 3 is 2.42 bits per heavy atom. The number of benzene rings is 3. The first-order valence-corrected chi connectivity index (χ1v) is 14.3. The van der Waals surface area contributed by atoms with Crippen LogP contribution >= 0.6 is 0 Å². The Bertz CT molecular complexity index is 1470. The third kappa shape index (κ3) is 5.80. The van der Waals surface area contributed by atoms with Gasteiger partial charge >= 0.3 is 0 Å². The molecule has 0 radical (unpaired) electrons. The van der Waals surface area contributed by atoms with Crippen molar-refractivity contribution in [1.29, 1.82) is 0 Å². The van der Waals surface area contributed by atoms with Gasteiger partial charge in [0.05, 0.1) is 22.9 Å². The van der Waals surface area contributed by atoms with Crippen molar-refractivity contribution in [2.75, 3.05) is 47.5 Å². The summed E-state index contributed by atoms with van der Waals surface area (Å²) in [5.41, 5.74) is 4.02. The van der Waals surface area contributed by atoms with E-state index < -0.39 is 21.8 Å². The Labute approximate surface area is 221 Å². The summed E-state index contributed by atoms with van der Waals surface area (Å²) in [5.74, 6) is -1.38. The predicted octanol–water partition coefficient (Wildman–Crippen LogP) is 3.44. The Hall–Kier alpha value is -3.92. The van der Waals surface area contributed by atoms with Crippen molar-refractivity contribution < 1.29 is 22.4 Å². The molecule has 2 N–H and O–H groups in total. The Morgan fingerprint density at radius 1 is 0.974 bits per heavy atom. The molecule has 2 amide bonds. The van der Waals surface area contributed by atoms with Gasteiger partial charge in [0, 0.05) is 37.4 Å². The number of nitrogens with zero attached hydrogens (tertiary/aromatic N) is 2. The molecule has 0 saturated carbocycles. The van der Waals surface area contributed by atoms with Crippen molar-refractivity contribution in [2.24, 2.45) is 0 Å². The summed E-state index contributed by atoms with van der Waals surface area (Å²) in [6, 6.07) is 17.7. The first kappa shape index (κ1) is 25.7. The summed E-state index contributed by atoms with van der Waals surface area (Å²) in [5, 5.41) is 5.79. The molecule has 8 nitrogen and oxygen atoms in total. The van der Waals surface area contributed by atoms with Gasteiger partial charge in [0.25, 0.3) is 5.91 Å². The highest BCUT2D eigenvalue weighted by molar-refractivity contribution is 7.90. The second-order valence-electron chi connectivity index (χ2n) is 9.75. The number of fused-ring (bicyclic) bond motifs is 1. The lowest BCUT2D eigenvalue weighted by Crippen LogP contribution is -2.49. The summed E-state index contributed by atoms with van der Waals surface area (Å²) in [6.07, 6.45) is 0. The highest BCUT2D eigenvalue weighted by Crippen LogP contribution is 2.29. The molecule has 1 saturated heterocycles. The second-order valence-corrected chi connectivity index (χ2v) is 11.9. The van der Waals surface area contributed by atoms with Crippen molar-refractivity contribution in [3.05, 3.63) is 89.2 Å². The number of rotatable bonds is 6. The van der Waals surface area contributed by atoms with Gasteiger partial charge in [0.2, 0.25) is 5.91 Å². The minimum Gasteiger partial charge on any atom is -0.371 e. The molecular formula is C28H29FN4O4S. The minimum absolute atomic E-state index is 0.144. The van der Waals surface area contributed by atoms with Crippen molar-refractivity contribution in [2.45, 2.75) is 18.7 Å². The number of piperazine rings is 1. The first-order chi connectivity index (χ1) is 18.2. The van der Waals surface area contributed by atoms with E-state index in [0.717, 1.165) is 11.3 Å². The monoisotopic (exact) mass is 536 g/mol. The second kappa shape index (κ2) is 10.4. The number of anilines is 3. The summed E-state index contributed by atoms with van der Waals surface area (Å²) < 4.78 is 38.8. The van der Waals surface area contributed by atoms with Crippen molar-refractivity contribution in [3.8, 4) is 0 Å². The van der Waals surface area contributed by atoms with Gasteiger partial charge in [-0.1, -0.05) is 29.8 Å². The number of sulfone groups is 1. The molecule has 3 aromatic carbocycles. The van der Waals surface area contributed by atoms with Crippen LogP contribution in [0.5, 0.6) is 0 Å². The smallest absolute Gasteiger partial charge is 0.254 e. The van der Waals surface area contributed by atoms with E-state index in [1.54, 1.807) is 41.3 Å². The standard InChI is InChI=1S/C28H29FN4O4S/c1-19-3-2-4-20(15-19)17-38(36,37)18-26-27(34)31-25-16-21(5-10-24(25)30-26)28(35)33-13-11-32(12-14-33)23-8-6-22(29)7-9-23/h2-10,15-16,26,30H,11-14,17-18H2,1H3,(H,31,34). The van der Waals surface area contributed by atoms with E-state index >= 15 is 0 Å². The van der Waals surface area contributed by atoms with Gasteiger partial charge in [-0.25, -0.2) is 12.8 Å². The van der Waals surface area contributed by atoms with Gasteiger partial charge in [-0.15, -0.1) is 0 Å². The lowest BCUT2D eigenvalue weighted by atomic mass is 10.1. The summed E-state index contributed by atoms with van der Waals surface area (Å²) in [4.78, 5) is 29.8. The van der Waals surface area contributed by atoms with Crippen LogP contribution in [0, 0.1) is 12.7 Å². The first-order valence-electron chi connectivity index (χ1n) is 12.4. The zero-order valence-corrected chi connectivity index (χ0v) is 21.8. The number of carbonyl (C=O) groups excluding carboxylic acids is 2. The number of halogens is 1. The lowest BCUT2D eigenvalue weighted by molar-refractivity contribution is -0.116. The molecular weight excluding hydrogens is 507 g/mol. The fourth-order valence-corrected chi connectivity index (χ4v) is 6.42. The number of carbonyl (C=O) groups is 2. The third-order valence-electron chi connectivity index (χ3n) is 6.82. The molecule has 0 aromatic heterocycles. The van der Waals surface area contributed by atoms with Crippen LogP contribution in [0.1, 0.15) is 21.5 Å². The van der Waals surface area contributed by atoms with Crippen LogP contribution in [0.15, 0.2) is 66.7 Å². The van der Waals surface area contributed by atoms with Gasteiger partial charge < -0.3 is 20.4 Å². The number of aryl methyl sites for hydroxylation is 1. The quantitative estimate of drug-likeness (QED) is 0.501. The van der Waals surface area contributed by atoms with Gasteiger partial charge in [-0.2, -0.15) is 0 Å². The Morgan fingerprint density at radius 2 is 1.71 bits per heavy atom. The molecule has 0 bridgehead atoms. The van der Waals surface area contributed by atoms with E-state index in [9.17, 15) is 22.4 Å². The molecule has 0 spiro atoms. The van der Waals surface area contributed by atoms with Crippen LogP contribution in [-0.4, -0.2) is 63.1 Å². The highest BCUT2D eigenvalue weighted by Gasteiger charge is 2.31. The fourth-order valence-electron chi connectivity index (χ4n) is 4.87. The fraction of sp³-hybridized carbons (Fsp3) is 0.286. The van der Waals surface area contributed by atoms with E-state index in [2.05, 4.69) is 15.5 Å². The number of hydrogen-bond donors (Lipinski definition) is 2. The van der Waals surface area contributed by atoms with Gasteiger partial charge in [-0.05, 0) is 55.0 Å². The zero-order valence-electron chi connectivity index (χ0n) is 21.0. The molecule has 2 aliphatic heterocycles. The maximum absolute atomic E-state index is 13.2. The van der Waals surface area contributed by atoms with Crippen molar-refractivity contribution in [1.82, 2.24) is 4.90 Å². The molecule has 10 heteroatoms. The maximum atomic E-state index is 13.2. The van der Waals surface area contributed by atoms with Gasteiger partial charge in [0.15, 0.2) is 9.84 Å². The van der Waals surface area contributed by atoms with E-state index in [0.29, 0.717) is 48.7 Å². The molecule has 0 aliphatic carbocycles. The Kier molecular flexibility index (Phi) is 7.07. The topological polar surface area (TPSA) is 98.8 Å². The van der Waals surface area contributed by atoms with Crippen molar-refractivity contribution >= 4 is 38.7 Å². The minimum atomic E-state index is -3.56. The van der Waals surface area contributed by atoms with Crippen LogP contribution in [0.3, 0.4) is 0 Å². The molecule has 3 aromatic rings. The summed E-state index contributed by atoms with van der Waals surface area (Å²) in [6.45, 7) is 4.17. The van der Waals surface area contributed by atoms with Crippen LogP contribution in [-0.2, 0) is 20.4 Å². The Balaban J connectivity index is 1.21. The van der Waals surface area contributed by atoms with Crippen molar-refractivity contribution in [3.63, 3.8) is 0 Å². The third-order valence-corrected chi connectivity index (χ3v) is 8.43. The van der Waals surface area contributed by atoms with E-state index in [4.69, 9.17) is 0 Å². The normalized spacial score (nSPS) is 17.4. The zero-order chi connectivity index (χ0) is 26.9. The molecule has 1 atom stereocenters. The molecule has 1 unspecified atom stereocenters. The SMILES string of the molecule is Cc1cccc(CS(=O)(=O)CC2Nc3ccc(C(=O)N4CCN(c5ccc(F)cc5)CC4)cc3NC2=O)c1. The molecule has 2 aliphatic rings. The number of nitrogens with one attached hydrogen (secondary N) is 2. The molecule has 2 heterocycles. The molecule has 1 fully saturated rings. The van der Waals surface area contributed by atoms with Crippen LogP contribution in [0.25, 0.3) is 0 Å². The largest absolute Gasteiger partial charge is 0.371 e. The maximum Gasteiger partial charge on any atom is 0.254 e. The molecule has 38 heavy (non-hydrogen) atoms. The molecule has 5 rings (SSSR count). The highest BCUT2D eigenvalue weighted by atomic mass is 32.2. The van der Waals surface area contributed by atoms with Crippen LogP contribution < -0.4 is 15.5 Å². The van der Waals surface area contributed by atoms with E-state index in [1.807, 2.05) is 25.1 Å². The lowest BCUT2D eigenvalue weighted by Gasteiger charge is -2.36. The van der Waals surface area contributed by atoms with E-state index in [-0.39, 0.29) is 23.2 Å². The van der Waals surface area contributed by atoms with Gasteiger partial charge in [-0.3, -0.25) is 9.59 Å². The van der Waals surface area contributed by atoms with Crippen LogP contribution in [0.2, 0.25) is 0 Å².